The Labute approximate surface area is 168 Å². The summed E-state index contributed by atoms with van der Waals surface area (Å²) < 4.78 is 5.37. The number of likely N-dealkylation sites (tertiary alicyclic amines) is 1. The highest BCUT2D eigenvalue weighted by Gasteiger charge is 2.25. The van der Waals surface area contributed by atoms with Gasteiger partial charge < -0.3 is 10.1 Å². The summed E-state index contributed by atoms with van der Waals surface area (Å²) in [6.45, 7) is 2.44. The summed E-state index contributed by atoms with van der Waals surface area (Å²) >= 11 is 0. The number of benzene rings is 2. The van der Waals surface area contributed by atoms with Gasteiger partial charge in [0.15, 0.2) is 5.69 Å². The van der Waals surface area contributed by atoms with Crippen molar-refractivity contribution in [1.82, 2.24) is 20.4 Å². The molecule has 0 aliphatic carbocycles. The largest absolute Gasteiger partial charge is 0.497 e. The first-order chi connectivity index (χ1) is 14.2. The first kappa shape index (κ1) is 19.1. The third-order valence-corrected chi connectivity index (χ3v) is 5.43. The number of carbonyl (C=O) groups excluding carboxylic acids is 1. The summed E-state index contributed by atoms with van der Waals surface area (Å²) in [4.78, 5) is 27.3. The molecule has 2 aromatic carbocycles. The van der Waals surface area contributed by atoms with Crippen molar-refractivity contribution in [2.45, 2.75) is 18.9 Å². The molecule has 0 spiro atoms. The van der Waals surface area contributed by atoms with Gasteiger partial charge in [0.2, 0.25) is 0 Å². The second-order valence-corrected chi connectivity index (χ2v) is 7.19. The van der Waals surface area contributed by atoms with Gasteiger partial charge in [0.1, 0.15) is 5.75 Å². The van der Waals surface area contributed by atoms with Crippen LogP contribution >= 0.6 is 0 Å². The Bertz CT molecular complexity index is 1070. The second-order valence-electron chi connectivity index (χ2n) is 7.19. The number of rotatable bonds is 6. The maximum Gasteiger partial charge on any atom is 0.272 e. The maximum atomic E-state index is 12.9. The molecule has 2 N–H and O–H groups in total. The fraction of sp³-hybridized carbons (Fsp3) is 0.318. The lowest BCUT2D eigenvalue weighted by molar-refractivity contribution is 0.0933. The number of ether oxygens (including phenoxy) is 1. The average Bonchev–Trinajstić information content (AvgIpc) is 3.29. The zero-order valence-electron chi connectivity index (χ0n) is 16.4. The number of hydrogen-bond donors (Lipinski definition) is 2. The van der Waals surface area contributed by atoms with Gasteiger partial charge in [-0.2, -0.15) is 5.10 Å². The van der Waals surface area contributed by atoms with Gasteiger partial charge in [-0.25, -0.2) is 5.10 Å². The van der Waals surface area contributed by atoms with E-state index >= 15 is 0 Å². The first-order valence-electron chi connectivity index (χ1n) is 9.81. The van der Waals surface area contributed by atoms with Crippen molar-refractivity contribution in [3.8, 4) is 5.75 Å². The predicted molar refractivity (Wildman–Crippen MR) is 111 cm³/mol. The van der Waals surface area contributed by atoms with Crippen molar-refractivity contribution in [2.24, 2.45) is 0 Å². The molecular weight excluding hydrogens is 368 g/mol. The van der Waals surface area contributed by atoms with Crippen molar-refractivity contribution in [3.05, 3.63) is 70.1 Å². The van der Waals surface area contributed by atoms with Crippen LogP contribution in [0, 0.1) is 0 Å². The maximum absolute atomic E-state index is 12.9. The Balaban J connectivity index is 1.58. The van der Waals surface area contributed by atoms with Gasteiger partial charge in [-0.1, -0.05) is 30.3 Å². The SMILES string of the molecule is COc1cccc([C@@H](CNC(=O)c2n[nH]c(=O)c3ccccc23)N2CCCC2)c1. The number of hydrogen-bond acceptors (Lipinski definition) is 5. The van der Waals surface area contributed by atoms with Crippen LogP contribution in [-0.4, -0.2) is 47.7 Å². The van der Waals surface area contributed by atoms with Crippen molar-refractivity contribution in [1.29, 1.82) is 0 Å². The number of nitrogens with zero attached hydrogens (tertiary/aromatic N) is 2. The topological polar surface area (TPSA) is 87.3 Å². The summed E-state index contributed by atoms with van der Waals surface area (Å²) in [5.41, 5.74) is 1.03. The standard InChI is InChI=1S/C22H24N4O3/c1-29-16-8-6-7-15(13-16)19(26-11-4-5-12-26)14-23-22(28)20-17-9-2-3-10-18(17)21(27)25-24-20/h2-3,6-10,13,19H,4-5,11-12,14H2,1H3,(H,23,28)(H,25,27)/t19-/m1/s1. The van der Waals surface area contributed by atoms with Crippen molar-refractivity contribution < 1.29 is 9.53 Å². The van der Waals surface area contributed by atoms with Gasteiger partial charge in [-0.05, 0) is 49.7 Å². The van der Waals surface area contributed by atoms with E-state index in [1.807, 2.05) is 18.2 Å². The lowest BCUT2D eigenvalue weighted by Gasteiger charge is -2.28. The summed E-state index contributed by atoms with van der Waals surface area (Å²) in [6.07, 6.45) is 2.31. The Morgan fingerprint density at radius 2 is 1.93 bits per heavy atom. The van der Waals surface area contributed by atoms with Gasteiger partial charge in [0.25, 0.3) is 11.5 Å². The van der Waals surface area contributed by atoms with E-state index in [-0.39, 0.29) is 23.2 Å². The summed E-state index contributed by atoms with van der Waals surface area (Å²) in [5, 5.41) is 10.4. The number of aromatic nitrogens is 2. The molecule has 0 saturated carbocycles. The van der Waals surface area contributed by atoms with Crippen molar-refractivity contribution in [3.63, 3.8) is 0 Å². The lowest BCUT2D eigenvalue weighted by atomic mass is 10.0. The molecule has 4 rings (SSSR count). The Hall–Kier alpha value is -3.19. The van der Waals surface area contributed by atoms with Crippen LogP contribution in [0.25, 0.3) is 10.8 Å². The number of nitrogens with one attached hydrogen (secondary N) is 2. The monoisotopic (exact) mass is 392 g/mol. The van der Waals surface area contributed by atoms with E-state index in [0.717, 1.165) is 37.2 Å². The molecule has 1 aliphatic heterocycles. The van der Waals surface area contributed by atoms with Gasteiger partial charge in [0.05, 0.1) is 18.5 Å². The van der Waals surface area contributed by atoms with Crippen LogP contribution in [0.1, 0.15) is 34.9 Å². The zero-order chi connectivity index (χ0) is 20.2. The highest BCUT2D eigenvalue weighted by Crippen LogP contribution is 2.27. The Kier molecular flexibility index (Phi) is 5.57. The molecule has 29 heavy (non-hydrogen) atoms. The number of H-pyrrole nitrogens is 1. The quantitative estimate of drug-likeness (QED) is 0.673. The number of aromatic amines is 1. The third kappa shape index (κ3) is 4.00. The van der Waals surface area contributed by atoms with Crippen LogP contribution in [0.5, 0.6) is 5.75 Å². The van der Waals surface area contributed by atoms with Gasteiger partial charge >= 0.3 is 0 Å². The molecule has 1 aromatic heterocycles. The van der Waals surface area contributed by atoms with Crippen LogP contribution in [0.3, 0.4) is 0 Å². The molecule has 1 aliphatic rings. The van der Waals surface area contributed by atoms with Gasteiger partial charge in [0, 0.05) is 11.9 Å². The summed E-state index contributed by atoms with van der Waals surface area (Å²) in [7, 11) is 1.65. The van der Waals surface area contributed by atoms with E-state index in [1.165, 1.54) is 0 Å². The molecule has 2 heterocycles. The smallest absolute Gasteiger partial charge is 0.272 e. The van der Waals surface area contributed by atoms with Crippen LogP contribution < -0.4 is 15.6 Å². The van der Waals surface area contributed by atoms with Crippen molar-refractivity contribution >= 4 is 16.7 Å². The highest BCUT2D eigenvalue weighted by atomic mass is 16.5. The van der Waals surface area contributed by atoms with Gasteiger partial charge in [-0.15, -0.1) is 0 Å². The van der Waals surface area contributed by atoms with E-state index in [9.17, 15) is 9.59 Å². The predicted octanol–water partition coefficient (Wildman–Crippen LogP) is 2.50. The van der Waals surface area contributed by atoms with Crippen LogP contribution in [0.4, 0.5) is 0 Å². The Morgan fingerprint density at radius 1 is 1.17 bits per heavy atom. The number of carbonyl (C=O) groups is 1. The molecule has 7 nitrogen and oxygen atoms in total. The van der Waals surface area contributed by atoms with E-state index < -0.39 is 0 Å². The molecule has 7 heteroatoms. The second kappa shape index (κ2) is 8.45. The molecule has 0 bridgehead atoms. The zero-order valence-corrected chi connectivity index (χ0v) is 16.4. The molecule has 1 saturated heterocycles. The van der Waals surface area contributed by atoms with Gasteiger partial charge in [-0.3, -0.25) is 14.5 Å². The number of methoxy groups -OCH3 is 1. The molecule has 1 atom stereocenters. The summed E-state index contributed by atoms with van der Waals surface area (Å²) in [6, 6.07) is 15.0. The third-order valence-electron chi connectivity index (χ3n) is 5.43. The minimum absolute atomic E-state index is 0.0468. The molecule has 0 radical (unpaired) electrons. The average molecular weight is 392 g/mol. The van der Waals surface area contributed by atoms with E-state index in [2.05, 4.69) is 26.5 Å². The summed E-state index contributed by atoms with van der Waals surface area (Å²) in [5.74, 6) is 0.496. The number of amides is 1. The van der Waals surface area contributed by atoms with E-state index in [1.54, 1.807) is 31.4 Å². The minimum atomic E-state index is -0.302. The number of fused-ring (bicyclic) bond motifs is 1. The molecule has 1 amide bonds. The normalized spacial score (nSPS) is 15.3. The molecule has 3 aromatic rings. The molecule has 0 unspecified atom stereocenters. The first-order valence-corrected chi connectivity index (χ1v) is 9.81. The van der Waals surface area contributed by atoms with E-state index in [0.29, 0.717) is 17.3 Å². The van der Waals surface area contributed by atoms with Crippen LogP contribution in [-0.2, 0) is 0 Å². The van der Waals surface area contributed by atoms with E-state index in [4.69, 9.17) is 4.74 Å². The Morgan fingerprint density at radius 3 is 2.69 bits per heavy atom. The minimum Gasteiger partial charge on any atom is -0.497 e. The fourth-order valence-electron chi connectivity index (χ4n) is 3.92. The van der Waals surface area contributed by atoms with Crippen molar-refractivity contribution in [2.75, 3.05) is 26.7 Å². The fourth-order valence-corrected chi connectivity index (χ4v) is 3.92. The molecule has 1 fully saturated rings. The lowest BCUT2D eigenvalue weighted by Crippen LogP contribution is -2.37. The van der Waals surface area contributed by atoms with Crippen LogP contribution in [0.15, 0.2) is 53.3 Å². The molecule has 150 valence electrons. The molecular formula is C22H24N4O3. The highest BCUT2D eigenvalue weighted by molar-refractivity contribution is 6.04. The van der Waals surface area contributed by atoms with Crippen LogP contribution in [0.2, 0.25) is 0 Å².